The van der Waals surface area contributed by atoms with Crippen LogP contribution in [0.2, 0.25) is 0 Å². The number of aromatic amines is 1. The van der Waals surface area contributed by atoms with Gasteiger partial charge in [-0.25, -0.2) is 0 Å². The number of carbonyl (C=O) groups excluding carboxylic acids is 1. The molecule has 0 unspecified atom stereocenters. The van der Waals surface area contributed by atoms with E-state index in [1.807, 2.05) is 12.1 Å². The summed E-state index contributed by atoms with van der Waals surface area (Å²) in [5, 5.41) is 0. The first-order valence-electron chi connectivity index (χ1n) is 5.07. The van der Waals surface area contributed by atoms with Crippen molar-refractivity contribution in [3.8, 4) is 17.0 Å². The molecular weight excluding hydrogens is 218 g/mol. The van der Waals surface area contributed by atoms with Crippen molar-refractivity contribution in [2.24, 2.45) is 0 Å². The molecule has 4 heteroatoms. The summed E-state index contributed by atoms with van der Waals surface area (Å²) in [4.78, 5) is 24.6. The highest BCUT2D eigenvalue weighted by atomic mass is 16.5. The predicted molar refractivity (Wildman–Crippen MR) is 64.4 cm³/mol. The van der Waals surface area contributed by atoms with E-state index in [-0.39, 0.29) is 11.1 Å². The van der Waals surface area contributed by atoms with E-state index in [1.54, 1.807) is 25.3 Å². The fraction of sp³-hybridized carbons (Fsp3) is 0.0769. The molecule has 0 saturated carbocycles. The van der Waals surface area contributed by atoms with Crippen molar-refractivity contribution >= 4 is 6.29 Å². The van der Waals surface area contributed by atoms with Crippen molar-refractivity contribution in [2.75, 3.05) is 7.11 Å². The van der Waals surface area contributed by atoms with Gasteiger partial charge in [0.05, 0.1) is 12.7 Å². The first kappa shape index (κ1) is 11.1. The number of hydrogen-bond acceptors (Lipinski definition) is 3. The molecule has 0 spiro atoms. The molecule has 17 heavy (non-hydrogen) atoms. The van der Waals surface area contributed by atoms with Crippen LogP contribution in [0.15, 0.2) is 41.2 Å². The van der Waals surface area contributed by atoms with Crippen LogP contribution in [0.4, 0.5) is 0 Å². The fourth-order valence-electron chi connectivity index (χ4n) is 1.52. The van der Waals surface area contributed by atoms with E-state index in [0.29, 0.717) is 12.0 Å². The third kappa shape index (κ3) is 2.25. The number of H-pyrrole nitrogens is 1. The Morgan fingerprint density at radius 2 is 1.82 bits per heavy atom. The Kier molecular flexibility index (Phi) is 3.05. The SMILES string of the molecule is COc1ccc(-c2ccc(C=O)c(=O)[nH]2)cc1. The number of methoxy groups -OCH3 is 1. The Hall–Kier alpha value is -2.36. The highest BCUT2D eigenvalue weighted by Gasteiger charge is 2.02. The predicted octanol–water partition coefficient (Wildman–Crippen LogP) is 1.86. The molecule has 0 atom stereocenters. The number of rotatable bonds is 3. The Morgan fingerprint density at radius 3 is 2.35 bits per heavy atom. The van der Waals surface area contributed by atoms with Gasteiger partial charge in [0.25, 0.3) is 5.56 Å². The van der Waals surface area contributed by atoms with Crippen LogP contribution in [0.25, 0.3) is 11.3 Å². The number of carbonyl (C=O) groups is 1. The molecule has 0 aliphatic rings. The second kappa shape index (κ2) is 4.65. The summed E-state index contributed by atoms with van der Waals surface area (Å²) in [5.41, 5.74) is 1.28. The molecule has 1 aromatic heterocycles. The lowest BCUT2D eigenvalue weighted by atomic mass is 10.1. The zero-order valence-electron chi connectivity index (χ0n) is 9.27. The van der Waals surface area contributed by atoms with Crippen LogP contribution in [-0.4, -0.2) is 18.4 Å². The van der Waals surface area contributed by atoms with Gasteiger partial charge in [0, 0.05) is 5.69 Å². The summed E-state index contributed by atoms with van der Waals surface area (Å²) >= 11 is 0. The monoisotopic (exact) mass is 229 g/mol. The molecule has 2 aromatic rings. The minimum atomic E-state index is -0.381. The zero-order chi connectivity index (χ0) is 12.3. The van der Waals surface area contributed by atoms with E-state index >= 15 is 0 Å². The molecule has 0 aliphatic heterocycles. The number of aldehydes is 1. The third-order valence-corrected chi connectivity index (χ3v) is 2.47. The fourth-order valence-corrected chi connectivity index (χ4v) is 1.52. The maximum atomic E-state index is 11.5. The molecule has 86 valence electrons. The van der Waals surface area contributed by atoms with Crippen molar-refractivity contribution in [1.82, 2.24) is 4.98 Å². The minimum Gasteiger partial charge on any atom is -0.497 e. The van der Waals surface area contributed by atoms with Crippen LogP contribution >= 0.6 is 0 Å². The van der Waals surface area contributed by atoms with E-state index in [1.165, 1.54) is 6.07 Å². The van der Waals surface area contributed by atoms with Crippen molar-refractivity contribution in [3.05, 3.63) is 52.3 Å². The zero-order valence-corrected chi connectivity index (χ0v) is 9.27. The lowest BCUT2D eigenvalue weighted by Gasteiger charge is -2.03. The molecule has 0 radical (unpaired) electrons. The van der Waals surface area contributed by atoms with Gasteiger partial charge in [-0.15, -0.1) is 0 Å². The van der Waals surface area contributed by atoms with Crippen LogP contribution in [0.3, 0.4) is 0 Å². The molecule has 0 aliphatic carbocycles. The molecule has 2 rings (SSSR count). The average Bonchev–Trinajstić information content (AvgIpc) is 2.39. The number of aromatic nitrogens is 1. The van der Waals surface area contributed by atoms with E-state index in [4.69, 9.17) is 4.74 Å². The molecule has 1 N–H and O–H groups in total. The largest absolute Gasteiger partial charge is 0.497 e. The van der Waals surface area contributed by atoms with Gasteiger partial charge in [-0.05, 0) is 42.0 Å². The van der Waals surface area contributed by atoms with Gasteiger partial charge in [-0.2, -0.15) is 0 Å². The molecule has 4 nitrogen and oxygen atoms in total. The summed E-state index contributed by atoms with van der Waals surface area (Å²) in [6.07, 6.45) is 0.538. The maximum Gasteiger partial charge on any atom is 0.258 e. The molecule has 1 heterocycles. The van der Waals surface area contributed by atoms with Crippen LogP contribution < -0.4 is 10.3 Å². The summed E-state index contributed by atoms with van der Waals surface area (Å²) in [5.74, 6) is 0.751. The number of benzene rings is 1. The van der Waals surface area contributed by atoms with Gasteiger partial charge in [-0.1, -0.05) is 0 Å². The molecular formula is C13H11NO3. The van der Waals surface area contributed by atoms with Gasteiger partial charge in [0.1, 0.15) is 5.75 Å². The standard InChI is InChI=1S/C13H11NO3/c1-17-11-5-2-9(3-6-11)12-7-4-10(8-15)13(16)14-12/h2-8H,1H3,(H,14,16). The average molecular weight is 229 g/mol. The van der Waals surface area contributed by atoms with Gasteiger partial charge in [-0.3, -0.25) is 9.59 Å². The van der Waals surface area contributed by atoms with Gasteiger partial charge >= 0.3 is 0 Å². The number of pyridine rings is 1. The van der Waals surface area contributed by atoms with Gasteiger partial charge < -0.3 is 9.72 Å². The highest BCUT2D eigenvalue weighted by molar-refractivity contribution is 5.75. The topological polar surface area (TPSA) is 59.2 Å². The molecule has 0 fully saturated rings. The van der Waals surface area contributed by atoms with E-state index in [2.05, 4.69) is 4.98 Å². The van der Waals surface area contributed by atoms with Gasteiger partial charge in [0.2, 0.25) is 0 Å². The highest BCUT2D eigenvalue weighted by Crippen LogP contribution is 2.19. The van der Waals surface area contributed by atoms with Gasteiger partial charge in [0.15, 0.2) is 6.29 Å². The summed E-state index contributed by atoms with van der Waals surface area (Å²) in [6.45, 7) is 0. The number of ether oxygens (including phenoxy) is 1. The smallest absolute Gasteiger partial charge is 0.258 e. The third-order valence-electron chi connectivity index (χ3n) is 2.47. The first-order chi connectivity index (χ1) is 8.24. The second-order valence-electron chi connectivity index (χ2n) is 3.50. The summed E-state index contributed by atoms with van der Waals surface area (Å²) in [6, 6.07) is 10.5. The van der Waals surface area contributed by atoms with E-state index in [9.17, 15) is 9.59 Å². The van der Waals surface area contributed by atoms with Crippen LogP contribution in [-0.2, 0) is 0 Å². The molecule has 1 aromatic carbocycles. The Bertz CT molecular complexity index is 584. The lowest BCUT2D eigenvalue weighted by molar-refractivity contribution is 0.112. The number of hydrogen-bond donors (Lipinski definition) is 1. The summed E-state index contributed by atoms with van der Waals surface area (Å²) in [7, 11) is 1.59. The normalized spacial score (nSPS) is 9.94. The molecule has 0 saturated heterocycles. The van der Waals surface area contributed by atoms with Crippen LogP contribution in [0.1, 0.15) is 10.4 Å². The Labute approximate surface area is 97.9 Å². The van der Waals surface area contributed by atoms with Crippen molar-refractivity contribution in [2.45, 2.75) is 0 Å². The number of nitrogens with one attached hydrogen (secondary N) is 1. The van der Waals surface area contributed by atoms with Crippen LogP contribution in [0, 0.1) is 0 Å². The van der Waals surface area contributed by atoms with Crippen molar-refractivity contribution in [1.29, 1.82) is 0 Å². The summed E-state index contributed by atoms with van der Waals surface area (Å²) < 4.78 is 5.05. The van der Waals surface area contributed by atoms with E-state index in [0.717, 1.165) is 11.3 Å². The molecule has 0 amide bonds. The lowest BCUT2D eigenvalue weighted by Crippen LogP contribution is -2.11. The van der Waals surface area contributed by atoms with Crippen molar-refractivity contribution in [3.63, 3.8) is 0 Å². The second-order valence-corrected chi connectivity index (χ2v) is 3.50. The first-order valence-corrected chi connectivity index (χ1v) is 5.07. The Balaban J connectivity index is 2.42. The van der Waals surface area contributed by atoms with Crippen molar-refractivity contribution < 1.29 is 9.53 Å². The molecule has 0 bridgehead atoms. The minimum absolute atomic E-state index is 0.127. The maximum absolute atomic E-state index is 11.5. The van der Waals surface area contributed by atoms with E-state index < -0.39 is 0 Å². The Morgan fingerprint density at radius 1 is 1.12 bits per heavy atom. The van der Waals surface area contributed by atoms with Crippen LogP contribution in [0.5, 0.6) is 5.75 Å². The quantitative estimate of drug-likeness (QED) is 0.817.